The van der Waals surface area contributed by atoms with Crippen LogP contribution in [0.25, 0.3) is 0 Å². The molecule has 0 bridgehead atoms. The molecular formula is C19H26N4O2S. The molecule has 1 amide bonds. The fraction of sp³-hybridized carbons (Fsp3) is 0.368. The van der Waals surface area contributed by atoms with Gasteiger partial charge in [-0.15, -0.1) is 11.3 Å². The number of amides is 1. The largest absolute Gasteiger partial charge is 0.495 e. The number of benzene rings is 1. The molecule has 7 heteroatoms. The summed E-state index contributed by atoms with van der Waals surface area (Å²) >= 11 is 1.81. The zero-order chi connectivity index (χ0) is 18.9. The van der Waals surface area contributed by atoms with E-state index in [4.69, 9.17) is 4.74 Å². The Morgan fingerprint density at radius 2 is 1.88 bits per heavy atom. The van der Waals surface area contributed by atoms with Gasteiger partial charge in [0.1, 0.15) is 5.75 Å². The van der Waals surface area contributed by atoms with E-state index in [1.54, 1.807) is 14.2 Å². The monoisotopic (exact) mass is 374 g/mol. The van der Waals surface area contributed by atoms with E-state index in [-0.39, 0.29) is 5.91 Å². The van der Waals surface area contributed by atoms with Gasteiger partial charge < -0.3 is 20.7 Å². The maximum atomic E-state index is 11.3. The van der Waals surface area contributed by atoms with Gasteiger partial charge in [-0.3, -0.25) is 9.79 Å². The summed E-state index contributed by atoms with van der Waals surface area (Å²) in [6, 6.07) is 10.0. The molecule has 0 saturated carbocycles. The number of aliphatic imine (C=N–C) groups is 1. The highest BCUT2D eigenvalue weighted by Gasteiger charge is 2.07. The number of methoxy groups -OCH3 is 1. The van der Waals surface area contributed by atoms with Crippen LogP contribution in [0.4, 0.5) is 5.69 Å². The molecule has 2 aromatic rings. The Bertz CT molecular complexity index is 771. The van der Waals surface area contributed by atoms with Crippen LogP contribution in [-0.4, -0.2) is 26.0 Å². The molecule has 2 rings (SSSR count). The van der Waals surface area contributed by atoms with Crippen LogP contribution in [0, 0.1) is 0 Å². The van der Waals surface area contributed by atoms with Crippen molar-refractivity contribution in [3.05, 3.63) is 45.6 Å². The predicted octanol–water partition coefficient (Wildman–Crippen LogP) is 3.14. The van der Waals surface area contributed by atoms with E-state index < -0.39 is 0 Å². The Kier molecular flexibility index (Phi) is 7.47. The number of guanidine groups is 1. The van der Waals surface area contributed by atoms with Gasteiger partial charge in [-0.2, -0.15) is 0 Å². The first-order valence-electron chi connectivity index (χ1n) is 8.52. The second-order valence-corrected chi connectivity index (χ2v) is 6.97. The topological polar surface area (TPSA) is 74.8 Å². The molecule has 0 spiro atoms. The number of anilines is 1. The minimum absolute atomic E-state index is 0.131. The summed E-state index contributed by atoms with van der Waals surface area (Å²) in [6.07, 6.45) is 1.06. The van der Waals surface area contributed by atoms with Crippen molar-refractivity contribution in [2.45, 2.75) is 33.4 Å². The number of carbonyl (C=O) groups excluding carboxylic acids is 1. The molecular weight excluding hydrogens is 348 g/mol. The summed E-state index contributed by atoms with van der Waals surface area (Å²) in [6.45, 7) is 4.96. The van der Waals surface area contributed by atoms with Crippen LogP contribution in [0.5, 0.6) is 5.75 Å². The molecule has 0 fully saturated rings. The lowest BCUT2D eigenvalue weighted by Crippen LogP contribution is -2.36. The molecule has 0 aliphatic rings. The van der Waals surface area contributed by atoms with E-state index in [1.807, 2.05) is 29.5 Å². The van der Waals surface area contributed by atoms with E-state index in [0.29, 0.717) is 18.0 Å². The molecule has 0 unspecified atom stereocenters. The summed E-state index contributed by atoms with van der Waals surface area (Å²) in [4.78, 5) is 18.3. The van der Waals surface area contributed by atoms with Crippen molar-refractivity contribution in [2.75, 3.05) is 19.5 Å². The molecule has 26 heavy (non-hydrogen) atoms. The van der Waals surface area contributed by atoms with Gasteiger partial charge in [-0.1, -0.05) is 13.0 Å². The first kappa shape index (κ1) is 19.8. The molecule has 140 valence electrons. The lowest BCUT2D eigenvalue weighted by atomic mass is 10.2. The average molecular weight is 375 g/mol. The molecule has 3 N–H and O–H groups in total. The van der Waals surface area contributed by atoms with Crippen molar-refractivity contribution in [1.82, 2.24) is 10.6 Å². The van der Waals surface area contributed by atoms with Crippen molar-refractivity contribution in [3.8, 4) is 5.75 Å². The van der Waals surface area contributed by atoms with Crippen LogP contribution in [-0.2, 0) is 24.3 Å². The lowest BCUT2D eigenvalue weighted by Gasteiger charge is -2.14. The average Bonchev–Trinajstić information content (AvgIpc) is 3.09. The number of rotatable bonds is 7. The number of ether oxygens (including phenoxy) is 1. The number of hydrogen-bond acceptors (Lipinski definition) is 4. The van der Waals surface area contributed by atoms with Crippen molar-refractivity contribution < 1.29 is 9.53 Å². The minimum Gasteiger partial charge on any atom is -0.495 e. The zero-order valence-electron chi connectivity index (χ0n) is 15.7. The van der Waals surface area contributed by atoms with Crippen LogP contribution in [0.15, 0.2) is 35.3 Å². The number of nitrogens with one attached hydrogen (secondary N) is 3. The molecule has 0 atom stereocenters. The number of aryl methyl sites for hydroxylation is 1. The zero-order valence-corrected chi connectivity index (χ0v) is 16.5. The van der Waals surface area contributed by atoms with E-state index in [0.717, 1.165) is 24.5 Å². The molecule has 0 aliphatic heterocycles. The Balaban J connectivity index is 1.93. The predicted molar refractivity (Wildman–Crippen MR) is 108 cm³/mol. The molecule has 1 heterocycles. The quantitative estimate of drug-likeness (QED) is 0.514. The standard InChI is InChI=1S/C19H26N4O2S/c1-5-15-7-8-16(26-15)12-22-19(20-3)21-11-14-6-9-18(25-4)17(10-14)23-13(2)24/h6-10H,5,11-12H2,1-4H3,(H,23,24)(H2,20,21,22). The summed E-state index contributed by atoms with van der Waals surface area (Å²) < 4.78 is 5.28. The fourth-order valence-corrected chi connectivity index (χ4v) is 3.33. The smallest absolute Gasteiger partial charge is 0.221 e. The third kappa shape index (κ3) is 5.77. The van der Waals surface area contributed by atoms with E-state index >= 15 is 0 Å². The molecule has 6 nitrogen and oxygen atoms in total. The fourth-order valence-electron chi connectivity index (χ4n) is 2.44. The van der Waals surface area contributed by atoms with Gasteiger partial charge in [0.05, 0.1) is 19.3 Å². The van der Waals surface area contributed by atoms with Crippen LogP contribution in [0.2, 0.25) is 0 Å². The number of nitrogens with zero attached hydrogens (tertiary/aromatic N) is 1. The second-order valence-electron chi connectivity index (χ2n) is 5.72. The van der Waals surface area contributed by atoms with Gasteiger partial charge in [0.15, 0.2) is 5.96 Å². The first-order valence-corrected chi connectivity index (χ1v) is 9.34. The highest BCUT2D eigenvalue weighted by Crippen LogP contribution is 2.25. The maximum Gasteiger partial charge on any atom is 0.221 e. The van der Waals surface area contributed by atoms with Crippen LogP contribution in [0.1, 0.15) is 29.2 Å². The Hall–Kier alpha value is -2.54. The summed E-state index contributed by atoms with van der Waals surface area (Å²) in [5.41, 5.74) is 1.68. The number of hydrogen-bond donors (Lipinski definition) is 3. The van der Waals surface area contributed by atoms with E-state index in [1.165, 1.54) is 16.7 Å². The first-order chi connectivity index (χ1) is 12.5. The van der Waals surface area contributed by atoms with Gasteiger partial charge in [0, 0.05) is 30.3 Å². The van der Waals surface area contributed by atoms with Crippen molar-refractivity contribution >= 4 is 28.9 Å². The molecule has 1 aromatic carbocycles. The maximum absolute atomic E-state index is 11.3. The second kappa shape index (κ2) is 9.82. The summed E-state index contributed by atoms with van der Waals surface area (Å²) in [5, 5.41) is 9.39. The Morgan fingerprint density at radius 3 is 2.50 bits per heavy atom. The van der Waals surface area contributed by atoms with Crippen molar-refractivity contribution in [3.63, 3.8) is 0 Å². The normalized spacial score (nSPS) is 11.2. The minimum atomic E-state index is -0.131. The summed E-state index contributed by atoms with van der Waals surface area (Å²) in [5.74, 6) is 1.23. The highest BCUT2D eigenvalue weighted by molar-refractivity contribution is 7.11. The summed E-state index contributed by atoms with van der Waals surface area (Å²) in [7, 11) is 3.33. The lowest BCUT2D eigenvalue weighted by molar-refractivity contribution is -0.114. The SMILES string of the molecule is CCc1ccc(CNC(=NC)NCc2ccc(OC)c(NC(C)=O)c2)s1. The Labute approximate surface area is 158 Å². The van der Waals surface area contributed by atoms with Gasteiger partial charge in [0.2, 0.25) is 5.91 Å². The van der Waals surface area contributed by atoms with Crippen LogP contribution < -0.4 is 20.7 Å². The van der Waals surface area contributed by atoms with Crippen molar-refractivity contribution in [1.29, 1.82) is 0 Å². The van der Waals surface area contributed by atoms with Crippen molar-refractivity contribution in [2.24, 2.45) is 4.99 Å². The number of carbonyl (C=O) groups is 1. The highest BCUT2D eigenvalue weighted by atomic mass is 32.1. The van der Waals surface area contributed by atoms with Gasteiger partial charge in [0.25, 0.3) is 0 Å². The Morgan fingerprint density at radius 1 is 1.15 bits per heavy atom. The van der Waals surface area contributed by atoms with Gasteiger partial charge >= 0.3 is 0 Å². The molecule has 0 aliphatic carbocycles. The number of thiophene rings is 1. The van der Waals surface area contributed by atoms with Gasteiger partial charge in [-0.25, -0.2) is 0 Å². The van der Waals surface area contributed by atoms with Crippen LogP contribution in [0.3, 0.4) is 0 Å². The third-order valence-corrected chi connectivity index (χ3v) is 4.98. The molecule has 1 aromatic heterocycles. The molecule has 0 radical (unpaired) electrons. The van der Waals surface area contributed by atoms with Gasteiger partial charge in [-0.05, 0) is 36.2 Å². The van der Waals surface area contributed by atoms with E-state index in [2.05, 4.69) is 40.0 Å². The van der Waals surface area contributed by atoms with E-state index in [9.17, 15) is 4.79 Å². The molecule has 0 saturated heterocycles. The van der Waals surface area contributed by atoms with Crippen LogP contribution >= 0.6 is 11.3 Å². The third-order valence-electron chi connectivity index (χ3n) is 3.75.